The third-order valence-corrected chi connectivity index (χ3v) is 3.08. The van der Waals surface area contributed by atoms with Gasteiger partial charge in [-0.1, -0.05) is 24.3 Å². The Kier molecular flexibility index (Phi) is 3.25. The third-order valence-electron chi connectivity index (χ3n) is 3.08. The highest BCUT2D eigenvalue weighted by Gasteiger charge is 2.22. The van der Waals surface area contributed by atoms with E-state index in [1.54, 1.807) is 0 Å². The standard InChI is InChI=1S/C15H18N2/c1-12-5-3-4-6-14(12)15(2,16)11-13-7-9-17-10-8-13/h3-10H,11,16H2,1-2H3. The molecule has 0 saturated carbocycles. The molecule has 0 saturated heterocycles. The zero-order valence-electron chi connectivity index (χ0n) is 10.4. The molecule has 2 rings (SSSR count). The van der Waals surface area contributed by atoms with Crippen molar-refractivity contribution in [1.82, 2.24) is 4.98 Å². The first-order valence-corrected chi connectivity index (χ1v) is 5.83. The molecule has 0 spiro atoms. The van der Waals surface area contributed by atoms with E-state index in [-0.39, 0.29) is 5.54 Å². The molecular weight excluding hydrogens is 208 g/mol. The van der Waals surface area contributed by atoms with E-state index in [1.807, 2.05) is 36.7 Å². The first kappa shape index (κ1) is 11.8. The molecule has 2 heteroatoms. The van der Waals surface area contributed by atoms with E-state index in [0.29, 0.717) is 0 Å². The van der Waals surface area contributed by atoms with E-state index in [9.17, 15) is 0 Å². The number of aryl methyl sites for hydroxylation is 1. The Hall–Kier alpha value is -1.67. The van der Waals surface area contributed by atoms with Crippen LogP contribution in [0, 0.1) is 6.92 Å². The average Bonchev–Trinajstić information content (AvgIpc) is 2.30. The number of rotatable bonds is 3. The Morgan fingerprint density at radius 1 is 1.12 bits per heavy atom. The summed E-state index contributed by atoms with van der Waals surface area (Å²) in [7, 11) is 0. The molecule has 2 nitrogen and oxygen atoms in total. The van der Waals surface area contributed by atoms with Crippen molar-refractivity contribution in [1.29, 1.82) is 0 Å². The van der Waals surface area contributed by atoms with Crippen LogP contribution in [0.2, 0.25) is 0 Å². The topological polar surface area (TPSA) is 38.9 Å². The first-order chi connectivity index (χ1) is 8.09. The molecule has 2 N–H and O–H groups in total. The van der Waals surface area contributed by atoms with Gasteiger partial charge in [-0.25, -0.2) is 0 Å². The number of nitrogens with zero attached hydrogens (tertiary/aromatic N) is 1. The van der Waals surface area contributed by atoms with Crippen molar-refractivity contribution in [2.45, 2.75) is 25.8 Å². The van der Waals surface area contributed by atoms with Crippen LogP contribution >= 0.6 is 0 Å². The summed E-state index contributed by atoms with van der Waals surface area (Å²) in [6.07, 6.45) is 4.44. The predicted octanol–water partition coefficient (Wildman–Crippen LogP) is 2.81. The second kappa shape index (κ2) is 4.68. The van der Waals surface area contributed by atoms with Crippen molar-refractivity contribution in [2.24, 2.45) is 5.73 Å². The predicted molar refractivity (Wildman–Crippen MR) is 70.7 cm³/mol. The summed E-state index contributed by atoms with van der Waals surface area (Å²) in [5, 5.41) is 0. The highest BCUT2D eigenvalue weighted by atomic mass is 14.7. The van der Waals surface area contributed by atoms with Gasteiger partial charge in [0.25, 0.3) is 0 Å². The van der Waals surface area contributed by atoms with E-state index in [1.165, 1.54) is 16.7 Å². The fraction of sp³-hybridized carbons (Fsp3) is 0.267. The monoisotopic (exact) mass is 226 g/mol. The van der Waals surface area contributed by atoms with Crippen molar-refractivity contribution >= 4 is 0 Å². The molecule has 1 atom stereocenters. The van der Waals surface area contributed by atoms with Crippen LogP contribution in [0.3, 0.4) is 0 Å². The number of aromatic nitrogens is 1. The largest absolute Gasteiger partial charge is 0.321 e. The summed E-state index contributed by atoms with van der Waals surface area (Å²) >= 11 is 0. The van der Waals surface area contributed by atoms with Crippen LogP contribution in [0.4, 0.5) is 0 Å². The molecule has 0 aliphatic rings. The second-order valence-electron chi connectivity index (χ2n) is 4.76. The Morgan fingerprint density at radius 3 is 2.41 bits per heavy atom. The molecule has 0 bridgehead atoms. The molecule has 0 aliphatic carbocycles. The van der Waals surface area contributed by atoms with E-state index in [2.05, 4.69) is 31.0 Å². The molecular formula is C15H18N2. The van der Waals surface area contributed by atoms with E-state index in [4.69, 9.17) is 5.73 Å². The average molecular weight is 226 g/mol. The number of nitrogens with two attached hydrogens (primary N) is 1. The third kappa shape index (κ3) is 2.71. The minimum atomic E-state index is -0.341. The molecule has 1 unspecified atom stereocenters. The van der Waals surface area contributed by atoms with Crippen LogP contribution in [-0.4, -0.2) is 4.98 Å². The van der Waals surface area contributed by atoms with Crippen LogP contribution in [0.15, 0.2) is 48.8 Å². The van der Waals surface area contributed by atoms with Crippen LogP contribution < -0.4 is 5.73 Å². The van der Waals surface area contributed by atoms with Gasteiger partial charge in [-0.2, -0.15) is 0 Å². The Balaban J connectivity index is 2.28. The van der Waals surface area contributed by atoms with Crippen molar-refractivity contribution < 1.29 is 0 Å². The molecule has 0 radical (unpaired) electrons. The maximum atomic E-state index is 6.45. The summed E-state index contributed by atoms with van der Waals surface area (Å²) in [6.45, 7) is 4.18. The molecule has 1 heterocycles. The van der Waals surface area contributed by atoms with Gasteiger partial charge in [0.2, 0.25) is 0 Å². The number of hydrogen-bond donors (Lipinski definition) is 1. The van der Waals surface area contributed by atoms with Gasteiger partial charge in [0.1, 0.15) is 0 Å². The Bertz CT molecular complexity index is 489. The van der Waals surface area contributed by atoms with Gasteiger partial charge in [0.15, 0.2) is 0 Å². The Labute approximate surface area is 103 Å². The summed E-state index contributed by atoms with van der Waals surface area (Å²) in [4.78, 5) is 4.02. The maximum absolute atomic E-state index is 6.45. The zero-order valence-corrected chi connectivity index (χ0v) is 10.4. The minimum absolute atomic E-state index is 0.341. The Morgan fingerprint density at radius 2 is 1.76 bits per heavy atom. The molecule has 0 fully saturated rings. The van der Waals surface area contributed by atoms with Crippen molar-refractivity contribution in [3.63, 3.8) is 0 Å². The smallest absolute Gasteiger partial charge is 0.0424 e. The summed E-state index contributed by atoms with van der Waals surface area (Å²) in [5.41, 5.74) is 9.77. The highest BCUT2D eigenvalue weighted by molar-refractivity contribution is 5.33. The van der Waals surface area contributed by atoms with Crippen molar-refractivity contribution in [3.8, 4) is 0 Å². The van der Waals surface area contributed by atoms with Crippen LogP contribution in [0.1, 0.15) is 23.6 Å². The van der Waals surface area contributed by atoms with Gasteiger partial charge in [-0.3, -0.25) is 4.98 Å². The van der Waals surface area contributed by atoms with Crippen molar-refractivity contribution in [2.75, 3.05) is 0 Å². The molecule has 17 heavy (non-hydrogen) atoms. The van der Waals surface area contributed by atoms with Crippen LogP contribution in [0.5, 0.6) is 0 Å². The van der Waals surface area contributed by atoms with E-state index in [0.717, 1.165) is 6.42 Å². The fourth-order valence-corrected chi connectivity index (χ4v) is 2.23. The van der Waals surface area contributed by atoms with Crippen molar-refractivity contribution in [3.05, 3.63) is 65.5 Å². The van der Waals surface area contributed by atoms with Gasteiger partial charge >= 0.3 is 0 Å². The number of benzene rings is 1. The van der Waals surface area contributed by atoms with Gasteiger partial charge in [-0.05, 0) is 49.1 Å². The zero-order chi connectivity index (χ0) is 12.3. The lowest BCUT2D eigenvalue weighted by Crippen LogP contribution is -2.36. The van der Waals surface area contributed by atoms with E-state index >= 15 is 0 Å². The highest BCUT2D eigenvalue weighted by Crippen LogP contribution is 2.25. The van der Waals surface area contributed by atoms with Crippen LogP contribution in [-0.2, 0) is 12.0 Å². The van der Waals surface area contributed by atoms with Gasteiger partial charge in [0.05, 0.1) is 0 Å². The maximum Gasteiger partial charge on any atom is 0.0424 e. The lowest BCUT2D eigenvalue weighted by molar-refractivity contribution is 0.488. The molecule has 0 aliphatic heterocycles. The quantitative estimate of drug-likeness (QED) is 0.874. The minimum Gasteiger partial charge on any atom is -0.321 e. The number of hydrogen-bond acceptors (Lipinski definition) is 2. The SMILES string of the molecule is Cc1ccccc1C(C)(N)Cc1ccncc1. The van der Waals surface area contributed by atoms with Gasteiger partial charge in [-0.15, -0.1) is 0 Å². The molecule has 0 amide bonds. The molecule has 2 aromatic rings. The summed E-state index contributed by atoms with van der Waals surface area (Å²) < 4.78 is 0. The summed E-state index contributed by atoms with van der Waals surface area (Å²) in [6, 6.07) is 12.3. The van der Waals surface area contributed by atoms with Gasteiger partial charge in [0, 0.05) is 17.9 Å². The lowest BCUT2D eigenvalue weighted by Gasteiger charge is -2.27. The normalized spacial score (nSPS) is 14.3. The summed E-state index contributed by atoms with van der Waals surface area (Å²) in [5.74, 6) is 0. The fourth-order valence-electron chi connectivity index (χ4n) is 2.23. The second-order valence-corrected chi connectivity index (χ2v) is 4.76. The molecule has 88 valence electrons. The van der Waals surface area contributed by atoms with E-state index < -0.39 is 0 Å². The lowest BCUT2D eigenvalue weighted by atomic mass is 9.84. The van der Waals surface area contributed by atoms with Crippen LogP contribution in [0.25, 0.3) is 0 Å². The molecule has 1 aromatic heterocycles. The first-order valence-electron chi connectivity index (χ1n) is 5.83. The van der Waals surface area contributed by atoms with Gasteiger partial charge < -0.3 is 5.73 Å². The molecule has 1 aromatic carbocycles. The number of pyridine rings is 1.